The molecule has 1 aliphatic rings. The maximum Gasteiger partial charge on any atom is 0.166 e. The molecule has 2 rings (SSSR count). The summed E-state index contributed by atoms with van der Waals surface area (Å²) in [4.78, 5) is 1.41. The van der Waals surface area contributed by atoms with E-state index in [2.05, 4.69) is 55.1 Å². The minimum atomic E-state index is 0.421. The smallest absolute Gasteiger partial charge is 0.166 e. The van der Waals surface area contributed by atoms with Gasteiger partial charge < -0.3 is 15.5 Å². The van der Waals surface area contributed by atoms with Crippen LogP contribution in [0.1, 0.15) is 24.4 Å². The van der Waals surface area contributed by atoms with Crippen molar-refractivity contribution in [1.29, 1.82) is 0 Å². The number of benzene rings is 1. The predicted octanol–water partition coefficient (Wildman–Crippen LogP) is 0.499. The van der Waals surface area contributed by atoms with E-state index in [1.54, 1.807) is 0 Å². The van der Waals surface area contributed by atoms with Gasteiger partial charge in [-0.15, -0.1) is 0 Å². The van der Waals surface area contributed by atoms with E-state index in [0.717, 1.165) is 11.7 Å². The molecule has 1 atom stereocenters. The van der Waals surface area contributed by atoms with E-state index < -0.39 is 0 Å². The Labute approximate surface area is 115 Å². The molecular weight excluding hydrogens is 242 g/mol. The van der Waals surface area contributed by atoms with Gasteiger partial charge >= 0.3 is 0 Å². The zero-order valence-corrected chi connectivity index (χ0v) is 11.9. The number of quaternary nitrogens is 1. The van der Waals surface area contributed by atoms with Crippen molar-refractivity contribution in [2.45, 2.75) is 24.9 Å². The fourth-order valence-corrected chi connectivity index (χ4v) is 2.25. The van der Waals surface area contributed by atoms with Gasteiger partial charge in [-0.05, 0) is 25.1 Å². The maximum atomic E-state index is 5.29. The molecule has 98 valence electrons. The monoisotopic (exact) mass is 264 g/mol. The fraction of sp³-hybridized carbons (Fsp3) is 0.500. The summed E-state index contributed by atoms with van der Waals surface area (Å²) in [6.45, 7) is 0.866. The summed E-state index contributed by atoms with van der Waals surface area (Å²) in [5.74, 6) is 0. The van der Waals surface area contributed by atoms with Crippen LogP contribution in [0.5, 0.6) is 0 Å². The topological polar surface area (TPSA) is 28.5 Å². The van der Waals surface area contributed by atoms with Crippen LogP contribution in [0, 0.1) is 0 Å². The number of thiocarbonyl (C=S) groups is 1. The normalized spacial score (nSPS) is 16.4. The van der Waals surface area contributed by atoms with Crippen LogP contribution in [0.15, 0.2) is 30.3 Å². The molecule has 0 saturated heterocycles. The van der Waals surface area contributed by atoms with Gasteiger partial charge in [0, 0.05) is 11.6 Å². The van der Waals surface area contributed by atoms with E-state index in [0.29, 0.717) is 12.1 Å². The Kier molecular flexibility index (Phi) is 4.55. The van der Waals surface area contributed by atoms with Gasteiger partial charge in [0.2, 0.25) is 0 Å². The van der Waals surface area contributed by atoms with Crippen molar-refractivity contribution in [2.75, 3.05) is 20.6 Å². The Morgan fingerprint density at radius 1 is 1.33 bits per heavy atom. The van der Waals surface area contributed by atoms with Gasteiger partial charge in [0.15, 0.2) is 5.11 Å². The minimum absolute atomic E-state index is 0.421. The van der Waals surface area contributed by atoms with Crippen molar-refractivity contribution < 1.29 is 4.90 Å². The Hall–Kier alpha value is -1.13. The molecule has 0 radical (unpaired) electrons. The molecule has 1 saturated carbocycles. The molecule has 0 heterocycles. The lowest BCUT2D eigenvalue weighted by atomic mass is 10.1. The van der Waals surface area contributed by atoms with Crippen LogP contribution in [0.2, 0.25) is 0 Å². The Balaban J connectivity index is 1.88. The number of nitrogens with one attached hydrogen (secondary N) is 3. The average molecular weight is 264 g/mol. The lowest BCUT2D eigenvalue weighted by Crippen LogP contribution is -3.07. The van der Waals surface area contributed by atoms with E-state index in [1.807, 2.05) is 0 Å². The molecule has 0 amide bonds. The van der Waals surface area contributed by atoms with E-state index >= 15 is 0 Å². The maximum absolute atomic E-state index is 5.29. The lowest BCUT2D eigenvalue weighted by Gasteiger charge is -2.23. The molecule has 0 spiro atoms. The van der Waals surface area contributed by atoms with E-state index in [1.165, 1.54) is 23.3 Å². The second kappa shape index (κ2) is 6.16. The van der Waals surface area contributed by atoms with Crippen molar-refractivity contribution in [3.63, 3.8) is 0 Å². The van der Waals surface area contributed by atoms with Gasteiger partial charge in [-0.25, -0.2) is 0 Å². The van der Waals surface area contributed by atoms with Crippen LogP contribution < -0.4 is 15.5 Å². The molecule has 0 aromatic heterocycles. The third kappa shape index (κ3) is 3.96. The van der Waals surface area contributed by atoms with Crippen LogP contribution in [0.25, 0.3) is 0 Å². The Morgan fingerprint density at radius 2 is 2.00 bits per heavy atom. The SMILES string of the molecule is C[NH+](C)[C@H](CNC(=S)NC1CC1)c1ccccc1. The third-order valence-corrected chi connectivity index (χ3v) is 3.54. The summed E-state index contributed by atoms with van der Waals surface area (Å²) in [6, 6.07) is 11.6. The molecule has 18 heavy (non-hydrogen) atoms. The fourth-order valence-electron chi connectivity index (χ4n) is 2.00. The standard InChI is InChI=1S/C14H21N3S/c1-17(2)13(11-6-4-3-5-7-11)10-15-14(18)16-12-8-9-12/h3-7,12-13H,8-10H2,1-2H3,(H2,15,16,18)/p+1/t13-/m1/s1. The highest BCUT2D eigenvalue weighted by Crippen LogP contribution is 2.18. The highest BCUT2D eigenvalue weighted by Gasteiger charge is 2.23. The molecular formula is C14H22N3S+. The van der Waals surface area contributed by atoms with Crippen LogP contribution >= 0.6 is 12.2 Å². The second-order valence-corrected chi connectivity index (χ2v) is 5.58. The van der Waals surface area contributed by atoms with Crippen molar-refractivity contribution >= 4 is 17.3 Å². The number of hydrogen-bond donors (Lipinski definition) is 3. The van der Waals surface area contributed by atoms with Crippen LogP contribution in [-0.2, 0) is 0 Å². The molecule has 0 unspecified atom stereocenters. The van der Waals surface area contributed by atoms with Crippen molar-refractivity contribution in [3.8, 4) is 0 Å². The lowest BCUT2D eigenvalue weighted by molar-refractivity contribution is -0.890. The van der Waals surface area contributed by atoms with E-state index in [-0.39, 0.29) is 0 Å². The predicted molar refractivity (Wildman–Crippen MR) is 78.8 cm³/mol. The largest absolute Gasteiger partial charge is 0.360 e. The molecule has 0 bridgehead atoms. The van der Waals surface area contributed by atoms with E-state index in [4.69, 9.17) is 12.2 Å². The molecule has 0 aliphatic heterocycles. The van der Waals surface area contributed by atoms with Gasteiger partial charge in [0.05, 0.1) is 20.6 Å². The first-order valence-corrected chi connectivity index (χ1v) is 6.97. The number of rotatable bonds is 5. The van der Waals surface area contributed by atoms with Gasteiger partial charge in [-0.3, -0.25) is 0 Å². The summed E-state index contributed by atoms with van der Waals surface area (Å²) < 4.78 is 0. The van der Waals surface area contributed by atoms with Crippen LogP contribution in [0.3, 0.4) is 0 Å². The molecule has 1 aromatic rings. The zero-order chi connectivity index (χ0) is 13.0. The first-order chi connectivity index (χ1) is 8.66. The highest BCUT2D eigenvalue weighted by molar-refractivity contribution is 7.80. The Bertz CT molecular complexity index is 387. The third-order valence-electron chi connectivity index (χ3n) is 3.28. The van der Waals surface area contributed by atoms with Gasteiger partial charge in [0.25, 0.3) is 0 Å². The van der Waals surface area contributed by atoms with Crippen molar-refractivity contribution in [2.24, 2.45) is 0 Å². The number of likely N-dealkylation sites (N-methyl/N-ethyl adjacent to an activating group) is 1. The highest BCUT2D eigenvalue weighted by atomic mass is 32.1. The Morgan fingerprint density at radius 3 is 2.56 bits per heavy atom. The average Bonchev–Trinajstić information content (AvgIpc) is 3.14. The molecule has 3 nitrogen and oxygen atoms in total. The van der Waals surface area contributed by atoms with Gasteiger partial charge in [-0.2, -0.15) is 0 Å². The van der Waals surface area contributed by atoms with Gasteiger partial charge in [-0.1, -0.05) is 30.3 Å². The zero-order valence-electron chi connectivity index (χ0n) is 11.1. The summed E-state index contributed by atoms with van der Waals surface area (Å²) in [5.41, 5.74) is 1.35. The quantitative estimate of drug-likeness (QED) is 0.676. The molecule has 1 fully saturated rings. The molecule has 3 N–H and O–H groups in total. The molecule has 1 aromatic carbocycles. The van der Waals surface area contributed by atoms with Crippen LogP contribution in [-0.4, -0.2) is 31.8 Å². The summed E-state index contributed by atoms with van der Waals surface area (Å²) >= 11 is 5.29. The molecule has 1 aliphatic carbocycles. The first kappa shape index (κ1) is 13.3. The van der Waals surface area contributed by atoms with Gasteiger partial charge in [0.1, 0.15) is 6.04 Å². The van der Waals surface area contributed by atoms with E-state index in [9.17, 15) is 0 Å². The van der Waals surface area contributed by atoms with Crippen molar-refractivity contribution in [3.05, 3.63) is 35.9 Å². The minimum Gasteiger partial charge on any atom is -0.360 e. The first-order valence-electron chi connectivity index (χ1n) is 6.56. The molecule has 4 heteroatoms. The van der Waals surface area contributed by atoms with Crippen molar-refractivity contribution in [1.82, 2.24) is 10.6 Å². The summed E-state index contributed by atoms with van der Waals surface area (Å²) in [6.07, 6.45) is 2.51. The summed E-state index contributed by atoms with van der Waals surface area (Å²) in [7, 11) is 4.35. The number of hydrogen-bond acceptors (Lipinski definition) is 1. The van der Waals surface area contributed by atoms with Crippen LogP contribution in [0.4, 0.5) is 0 Å². The summed E-state index contributed by atoms with van der Waals surface area (Å²) in [5, 5.41) is 7.44. The second-order valence-electron chi connectivity index (χ2n) is 5.17.